The minimum atomic E-state index is -0.250. The molecular weight excluding hydrogens is 352 g/mol. The van der Waals surface area contributed by atoms with E-state index in [2.05, 4.69) is 27.5 Å². The molecular formula is C18H24N4O5. The number of imidazole rings is 1. The highest BCUT2D eigenvalue weighted by Crippen LogP contribution is 2.23. The fourth-order valence-electron chi connectivity index (χ4n) is 2.81. The molecule has 0 atom stereocenters. The molecule has 2 N–H and O–H groups in total. The summed E-state index contributed by atoms with van der Waals surface area (Å²) in [7, 11) is 0. The first kappa shape index (κ1) is 21.8. The van der Waals surface area contributed by atoms with Gasteiger partial charge in [-0.1, -0.05) is 6.92 Å². The van der Waals surface area contributed by atoms with Gasteiger partial charge in [0, 0.05) is 56.8 Å². The number of carbonyl (C=O) groups excluding carboxylic acids is 1. The van der Waals surface area contributed by atoms with Crippen molar-refractivity contribution in [3.63, 3.8) is 0 Å². The molecule has 0 radical (unpaired) electrons. The van der Waals surface area contributed by atoms with Crippen LogP contribution in [0.15, 0.2) is 24.7 Å². The quantitative estimate of drug-likeness (QED) is 0.774. The van der Waals surface area contributed by atoms with Gasteiger partial charge in [0.1, 0.15) is 5.82 Å². The van der Waals surface area contributed by atoms with Crippen LogP contribution in [0.1, 0.15) is 36.0 Å². The zero-order chi connectivity index (χ0) is 20.2. The standard InChI is InChI=1S/C16H20N4O.2CH2O2/c1-3-15-17-5-7-19(15)6-4-16(21)20-10-13-8-12(2)18-9-14(13)11-20;2*2-1-3/h5,7-9H,3-4,6,10-11H2,1-2H3;2*1H,(H,2,3). The average molecular weight is 376 g/mol. The summed E-state index contributed by atoms with van der Waals surface area (Å²) < 4.78 is 2.06. The Morgan fingerprint density at radius 3 is 2.44 bits per heavy atom. The van der Waals surface area contributed by atoms with Gasteiger partial charge in [0.2, 0.25) is 5.91 Å². The maximum Gasteiger partial charge on any atom is 0.290 e. The van der Waals surface area contributed by atoms with E-state index < -0.39 is 0 Å². The summed E-state index contributed by atoms with van der Waals surface area (Å²) in [6.07, 6.45) is 7.04. The highest BCUT2D eigenvalue weighted by molar-refractivity contribution is 5.76. The lowest BCUT2D eigenvalue weighted by atomic mass is 10.2. The van der Waals surface area contributed by atoms with Gasteiger partial charge in [-0.2, -0.15) is 0 Å². The van der Waals surface area contributed by atoms with Crippen molar-refractivity contribution in [2.24, 2.45) is 0 Å². The lowest BCUT2D eigenvalue weighted by molar-refractivity contribution is -0.132. The number of nitrogens with zero attached hydrogens (tertiary/aromatic N) is 4. The number of hydrogen-bond donors (Lipinski definition) is 2. The summed E-state index contributed by atoms with van der Waals surface area (Å²) in [6, 6.07) is 2.08. The molecule has 0 unspecified atom stereocenters. The molecule has 0 aliphatic carbocycles. The highest BCUT2D eigenvalue weighted by atomic mass is 16.3. The SMILES string of the molecule is CCc1nccn1CCC(=O)N1Cc2cnc(C)cc2C1.O=CO.O=CO. The lowest BCUT2D eigenvalue weighted by Crippen LogP contribution is -2.26. The van der Waals surface area contributed by atoms with Crippen LogP contribution in [-0.4, -0.2) is 48.5 Å². The van der Waals surface area contributed by atoms with E-state index in [0.717, 1.165) is 17.9 Å². The van der Waals surface area contributed by atoms with Crippen LogP contribution >= 0.6 is 0 Å². The van der Waals surface area contributed by atoms with E-state index in [9.17, 15) is 4.79 Å². The van der Waals surface area contributed by atoms with E-state index in [-0.39, 0.29) is 18.9 Å². The first-order valence-electron chi connectivity index (χ1n) is 8.38. The lowest BCUT2D eigenvalue weighted by Gasteiger charge is -2.16. The van der Waals surface area contributed by atoms with E-state index >= 15 is 0 Å². The van der Waals surface area contributed by atoms with E-state index in [1.807, 2.05) is 24.2 Å². The van der Waals surface area contributed by atoms with Crippen molar-refractivity contribution >= 4 is 18.9 Å². The number of hydrogen-bond acceptors (Lipinski definition) is 5. The third-order valence-electron chi connectivity index (χ3n) is 3.98. The van der Waals surface area contributed by atoms with Crippen LogP contribution in [0.3, 0.4) is 0 Å². The zero-order valence-electron chi connectivity index (χ0n) is 15.4. The Hall–Kier alpha value is -3.23. The molecule has 0 spiro atoms. The topological polar surface area (TPSA) is 126 Å². The van der Waals surface area contributed by atoms with Crippen LogP contribution in [0.2, 0.25) is 0 Å². The fraction of sp³-hybridized carbons (Fsp3) is 0.389. The van der Waals surface area contributed by atoms with Crippen molar-refractivity contribution in [2.75, 3.05) is 0 Å². The molecule has 0 saturated heterocycles. The molecule has 0 aromatic carbocycles. The number of amides is 1. The number of pyridine rings is 1. The minimum absolute atomic E-state index is 0.194. The van der Waals surface area contributed by atoms with Crippen molar-refractivity contribution in [3.8, 4) is 0 Å². The summed E-state index contributed by atoms with van der Waals surface area (Å²) in [4.78, 5) is 39.6. The van der Waals surface area contributed by atoms with Gasteiger partial charge in [0.25, 0.3) is 12.9 Å². The van der Waals surface area contributed by atoms with Crippen LogP contribution in [0, 0.1) is 6.92 Å². The van der Waals surface area contributed by atoms with Gasteiger partial charge in [-0.15, -0.1) is 0 Å². The smallest absolute Gasteiger partial charge is 0.290 e. The van der Waals surface area contributed by atoms with Gasteiger partial charge in [-0.3, -0.25) is 19.4 Å². The Bertz CT molecular complexity index is 754. The van der Waals surface area contributed by atoms with Crippen molar-refractivity contribution in [1.29, 1.82) is 0 Å². The van der Waals surface area contributed by atoms with Crippen LogP contribution in [0.5, 0.6) is 0 Å². The van der Waals surface area contributed by atoms with Gasteiger partial charge in [-0.25, -0.2) is 4.98 Å². The molecule has 0 fully saturated rings. The molecule has 2 aromatic rings. The Morgan fingerprint density at radius 1 is 1.19 bits per heavy atom. The molecule has 0 bridgehead atoms. The zero-order valence-corrected chi connectivity index (χ0v) is 15.4. The summed E-state index contributed by atoms with van der Waals surface area (Å²) in [5.41, 5.74) is 3.41. The van der Waals surface area contributed by atoms with Gasteiger partial charge < -0.3 is 19.7 Å². The number of rotatable bonds is 4. The second-order valence-corrected chi connectivity index (χ2v) is 5.70. The second-order valence-electron chi connectivity index (χ2n) is 5.70. The molecule has 0 saturated carbocycles. The van der Waals surface area contributed by atoms with Crippen LogP contribution in [0.4, 0.5) is 0 Å². The molecule has 27 heavy (non-hydrogen) atoms. The molecule has 3 rings (SSSR count). The van der Waals surface area contributed by atoms with Gasteiger partial charge in [0.05, 0.1) is 0 Å². The molecule has 9 nitrogen and oxygen atoms in total. The minimum Gasteiger partial charge on any atom is -0.483 e. The normalized spacial score (nSPS) is 11.4. The predicted molar refractivity (Wildman–Crippen MR) is 96.8 cm³/mol. The largest absolute Gasteiger partial charge is 0.483 e. The number of aromatic nitrogens is 3. The molecule has 1 aliphatic rings. The molecule has 1 amide bonds. The summed E-state index contributed by atoms with van der Waals surface area (Å²) in [6.45, 7) is 5.66. The Labute approximate surface area is 157 Å². The maximum absolute atomic E-state index is 12.4. The monoisotopic (exact) mass is 376 g/mol. The van der Waals surface area contributed by atoms with Gasteiger partial charge in [0.15, 0.2) is 0 Å². The number of carboxylic acid groups (broad SMARTS) is 2. The number of carbonyl (C=O) groups is 3. The molecule has 3 heterocycles. The van der Waals surface area contributed by atoms with Crippen LogP contribution < -0.4 is 0 Å². The average Bonchev–Trinajstić information content (AvgIpc) is 3.26. The Balaban J connectivity index is 0.000000540. The summed E-state index contributed by atoms with van der Waals surface area (Å²) >= 11 is 0. The maximum atomic E-state index is 12.4. The molecule has 9 heteroatoms. The summed E-state index contributed by atoms with van der Waals surface area (Å²) in [5.74, 6) is 1.23. The van der Waals surface area contributed by atoms with E-state index in [1.165, 1.54) is 11.1 Å². The van der Waals surface area contributed by atoms with Gasteiger partial charge >= 0.3 is 0 Å². The van der Waals surface area contributed by atoms with Crippen molar-refractivity contribution in [3.05, 3.63) is 47.3 Å². The van der Waals surface area contributed by atoms with E-state index in [0.29, 0.717) is 26.1 Å². The van der Waals surface area contributed by atoms with Crippen molar-refractivity contribution in [1.82, 2.24) is 19.4 Å². The van der Waals surface area contributed by atoms with E-state index in [1.54, 1.807) is 6.20 Å². The fourth-order valence-corrected chi connectivity index (χ4v) is 2.81. The third-order valence-corrected chi connectivity index (χ3v) is 3.98. The molecule has 1 aliphatic heterocycles. The first-order valence-corrected chi connectivity index (χ1v) is 8.38. The van der Waals surface area contributed by atoms with Crippen LogP contribution in [0.25, 0.3) is 0 Å². The summed E-state index contributed by atoms with van der Waals surface area (Å²) in [5, 5.41) is 13.8. The number of aryl methyl sites for hydroxylation is 3. The highest BCUT2D eigenvalue weighted by Gasteiger charge is 2.23. The van der Waals surface area contributed by atoms with Crippen molar-refractivity contribution in [2.45, 2.75) is 46.3 Å². The van der Waals surface area contributed by atoms with Crippen molar-refractivity contribution < 1.29 is 24.6 Å². The Kier molecular flexibility index (Phi) is 9.21. The molecule has 2 aromatic heterocycles. The molecule has 146 valence electrons. The Morgan fingerprint density at radius 2 is 1.81 bits per heavy atom. The van der Waals surface area contributed by atoms with Crippen LogP contribution in [-0.2, 0) is 40.4 Å². The first-order chi connectivity index (χ1) is 13.0. The third kappa shape index (κ3) is 6.53. The number of fused-ring (bicyclic) bond motifs is 1. The predicted octanol–water partition coefficient (Wildman–Crippen LogP) is 1.48. The van der Waals surface area contributed by atoms with E-state index in [4.69, 9.17) is 19.8 Å². The second kappa shape index (κ2) is 11.4. The van der Waals surface area contributed by atoms with Gasteiger partial charge in [-0.05, 0) is 24.1 Å².